The van der Waals surface area contributed by atoms with Gasteiger partial charge in [0.05, 0.1) is 6.61 Å². The van der Waals surface area contributed by atoms with E-state index in [1.807, 2.05) is 0 Å². The van der Waals surface area contributed by atoms with Gasteiger partial charge in [0, 0.05) is 38.5 Å². The molecule has 0 aromatic heterocycles. The smallest absolute Gasteiger partial charge is 0.229 e. The highest BCUT2D eigenvalue weighted by Crippen LogP contribution is 2.29. The highest BCUT2D eigenvalue weighted by Gasteiger charge is 2.39. The molecule has 2 aliphatic heterocycles. The second-order valence-corrected chi connectivity index (χ2v) is 5.09. The maximum absolute atomic E-state index is 11.6. The number of nitrogens with one attached hydrogen (secondary N) is 1. The zero-order chi connectivity index (χ0) is 12.3. The minimum atomic E-state index is -0.0946. The van der Waals surface area contributed by atoms with Crippen molar-refractivity contribution in [3.8, 4) is 0 Å². The summed E-state index contributed by atoms with van der Waals surface area (Å²) in [6.45, 7) is 2.92. The maximum Gasteiger partial charge on any atom is 0.229 e. The Bertz CT molecular complexity index is 289. The fraction of sp³-hybridized carbons (Fsp3) is 0.833. The Hall–Kier alpha value is -0.940. The summed E-state index contributed by atoms with van der Waals surface area (Å²) in [4.78, 5) is 24.7. The largest absolute Gasteiger partial charge is 0.384 e. The number of likely N-dealkylation sites (tertiary alicyclic amines) is 1. The van der Waals surface area contributed by atoms with Crippen molar-refractivity contribution in [2.24, 2.45) is 5.41 Å². The van der Waals surface area contributed by atoms with Crippen LogP contribution in [0.3, 0.4) is 0 Å². The molecule has 2 aliphatic rings. The summed E-state index contributed by atoms with van der Waals surface area (Å²) in [7, 11) is 1.67. The summed E-state index contributed by atoms with van der Waals surface area (Å²) in [5, 5.41) is 3.33. The van der Waals surface area contributed by atoms with E-state index in [4.69, 9.17) is 4.74 Å². The maximum atomic E-state index is 11.6. The first-order chi connectivity index (χ1) is 8.17. The van der Waals surface area contributed by atoms with Gasteiger partial charge in [-0.15, -0.1) is 0 Å². The lowest BCUT2D eigenvalue weighted by atomic mass is 9.81. The van der Waals surface area contributed by atoms with Gasteiger partial charge < -0.3 is 10.1 Å². The predicted octanol–water partition coefficient (Wildman–Crippen LogP) is 0.152. The van der Waals surface area contributed by atoms with E-state index in [2.05, 4.69) is 5.32 Å². The number of hydrogen-bond donors (Lipinski definition) is 1. The lowest BCUT2D eigenvalue weighted by molar-refractivity contribution is -0.141. The van der Waals surface area contributed by atoms with Gasteiger partial charge in [0.2, 0.25) is 11.8 Å². The third-order valence-corrected chi connectivity index (χ3v) is 3.66. The first kappa shape index (κ1) is 12.5. The molecular weight excluding hydrogens is 220 g/mol. The van der Waals surface area contributed by atoms with E-state index in [9.17, 15) is 9.59 Å². The number of carbonyl (C=O) groups excluding carboxylic acids is 2. The topological polar surface area (TPSA) is 58.6 Å². The lowest BCUT2D eigenvalue weighted by Crippen LogP contribution is -2.51. The number of rotatable bonds is 4. The molecule has 1 atom stereocenters. The van der Waals surface area contributed by atoms with Gasteiger partial charge in [-0.3, -0.25) is 14.5 Å². The molecule has 96 valence electrons. The van der Waals surface area contributed by atoms with E-state index in [-0.39, 0.29) is 17.2 Å². The molecule has 2 fully saturated rings. The second-order valence-electron chi connectivity index (χ2n) is 5.09. The molecule has 0 aliphatic carbocycles. The number of methoxy groups -OCH3 is 1. The summed E-state index contributed by atoms with van der Waals surface area (Å²) in [6.07, 6.45) is 2.81. The molecule has 0 bridgehead atoms. The molecule has 0 radical (unpaired) electrons. The van der Waals surface area contributed by atoms with Crippen LogP contribution in [0.4, 0.5) is 0 Å². The van der Waals surface area contributed by atoms with Crippen molar-refractivity contribution < 1.29 is 14.3 Å². The Kier molecular flexibility index (Phi) is 3.79. The molecule has 1 unspecified atom stereocenters. The van der Waals surface area contributed by atoms with Crippen LogP contribution >= 0.6 is 0 Å². The van der Waals surface area contributed by atoms with Crippen LogP contribution in [0.2, 0.25) is 0 Å². The molecule has 1 N–H and O–H groups in total. The van der Waals surface area contributed by atoms with Gasteiger partial charge >= 0.3 is 0 Å². The van der Waals surface area contributed by atoms with Crippen LogP contribution in [-0.4, -0.2) is 50.1 Å². The number of hydrogen-bond acceptors (Lipinski definition) is 4. The Morgan fingerprint density at radius 2 is 2.06 bits per heavy atom. The average Bonchev–Trinajstić information content (AvgIpc) is 2.62. The van der Waals surface area contributed by atoms with Crippen molar-refractivity contribution in [1.82, 2.24) is 10.2 Å². The first-order valence-electron chi connectivity index (χ1n) is 6.20. The van der Waals surface area contributed by atoms with Crippen LogP contribution in [0.5, 0.6) is 0 Å². The summed E-state index contributed by atoms with van der Waals surface area (Å²) in [5.74, 6) is -0.0629. The number of carbonyl (C=O) groups is 2. The van der Waals surface area contributed by atoms with Crippen LogP contribution in [0.1, 0.15) is 25.7 Å². The van der Waals surface area contributed by atoms with Crippen LogP contribution < -0.4 is 5.32 Å². The molecule has 5 nitrogen and oxygen atoms in total. The molecule has 2 heterocycles. The standard InChI is InChI=1S/C12H20N2O3/c1-17-9-12(5-2-6-13-7-12)8-14-10(15)3-4-11(14)16/h13H,2-9H2,1H3. The van der Waals surface area contributed by atoms with Crippen LogP contribution in [0.25, 0.3) is 0 Å². The first-order valence-corrected chi connectivity index (χ1v) is 6.20. The SMILES string of the molecule is COCC1(CN2C(=O)CCC2=O)CCCNC1. The van der Waals surface area contributed by atoms with E-state index >= 15 is 0 Å². The van der Waals surface area contributed by atoms with E-state index in [0.29, 0.717) is 26.0 Å². The molecule has 5 heteroatoms. The molecule has 0 aromatic rings. The number of amides is 2. The quantitative estimate of drug-likeness (QED) is 0.711. The van der Waals surface area contributed by atoms with Gasteiger partial charge in [0.1, 0.15) is 0 Å². The number of ether oxygens (including phenoxy) is 1. The van der Waals surface area contributed by atoms with Crippen molar-refractivity contribution in [2.45, 2.75) is 25.7 Å². The lowest BCUT2D eigenvalue weighted by Gasteiger charge is -2.39. The monoisotopic (exact) mass is 240 g/mol. The van der Waals surface area contributed by atoms with Crippen molar-refractivity contribution in [1.29, 1.82) is 0 Å². The fourth-order valence-electron chi connectivity index (χ4n) is 2.77. The number of nitrogens with zero attached hydrogens (tertiary/aromatic N) is 1. The summed E-state index contributed by atoms with van der Waals surface area (Å²) in [5.41, 5.74) is -0.0946. The highest BCUT2D eigenvalue weighted by molar-refractivity contribution is 6.01. The van der Waals surface area contributed by atoms with Crippen LogP contribution in [0.15, 0.2) is 0 Å². The summed E-state index contributed by atoms with van der Waals surface area (Å²) in [6, 6.07) is 0. The Labute approximate surface area is 101 Å². The van der Waals surface area contributed by atoms with E-state index in [1.165, 1.54) is 4.90 Å². The second kappa shape index (κ2) is 5.14. The van der Waals surface area contributed by atoms with Crippen molar-refractivity contribution in [3.05, 3.63) is 0 Å². The van der Waals surface area contributed by atoms with Gasteiger partial charge in [0.25, 0.3) is 0 Å². The number of imide groups is 1. The van der Waals surface area contributed by atoms with E-state index < -0.39 is 0 Å². The zero-order valence-electron chi connectivity index (χ0n) is 10.3. The van der Waals surface area contributed by atoms with Gasteiger partial charge in [-0.2, -0.15) is 0 Å². The normalized spacial score (nSPS) is 30.1. The molecule has 0 spiro atoms. The molecule has 2 amide bonds. The molecule has 2 rings (SSSR count). The van der Waals surface area contributed by atoms with E-state index in [1.54, 1.807) is 7.11 Å². The third-order valence-electron chi connectivity index (χ3n) is 3.66. The number of piperidine rings is 1. The van der Waals surface area contributed by atoms with Gasteiger partial charge in [-0.05, 0) is 19.4 Å². The van der Waals surface area contributed by atoms with Crippen LogP contribution in [-0.2, 0) is 14.3 Å². The minimum absolute atomic E-state index is 0.0314. The summed E-state index contributed by atoms with van der Waals surface area (Å²) < 4.78 is 5.28. The average molecular weight is 240 g/mol. The minimum Gasteiger partial charge on any atom is -0.384 e. The molecular formula is C12H20N2O3. The zero-order valence-corrected chi connectivity index (χ0v) is 10.3. The highest BCUT2D eigenvalue weighted by atomic mass is 16.5. The van der Waals surface area contributed by atoms with Crippen molar-refractivity contribution >= 4 is 11.8 Å². The third kappa shape index (κ3) is 2.66. The van der Waals surface area contributed by atoms with Gasteiger partial charge in [-0.1, -0.05) is 0 Å². The van der Waals surface area contributed by atoms with Gasteiger partial charge in [-0.25, -0.2) is 0 Å². The molecule has 0 saturated carbocycles. The Morgan fingerprint density at radius 1 is 1.35 bits per heavy atom. The Balaban J connectivity index is 2.06. The fourth-order valence-corrected chi connectivity index (χ4v) is 2.77. The predicted molar refractivity (Wildman–Crippen MR) is 62.4 cm³/mol. The van der Waals surface area contributed by atoms with Crippen LogP contribution in [0, 0.1) is 5.41 Å². The summed E-state index contributed by atoms with van der Waals surface area (Å²) >= 11 is 0. The van der Waals surface area contributed by atoms with Crippen molar-refractivity contribution in [3.63, 3.8) is 0 Å². The Morgan fingerprint density at radius 3 is 2.59 bits per heavy atom. The van der Waals surface area contributed by atoms with Gasteiger partial charge in [0.15, 0.2) is 0 Å². The molecule has 0 aromatic carbocycles. The van der Waals surface area contributed by atoms with Crippen molar-refractivity contribution in [2.75, 3.05) is 33.4 Å². The molecule has 17 heavy (non-hydrogen) atoms. The molecule has 2 saturated heterocycles. The van der Waals surface area contributed by atoms with E-state index in [0.717, 1.165) is 25.9 Å².